The molecule has 0 aromatic rings. The summed E-state index contributed by atoms with van der Waals surface area (Å²) in [6.45, 7) is 6.74. The van der Waals surface area contributed by atoms with Crippen molar-refractivity contribution in [3.05, 3.63) is 0 Å². The molecule has 2 aliphatic rings. The van der Waals surface area contributed by atoms with Crippen molar-refractivity contribution in [2.75, 3.05) is 26.2 Å². The molecule has 3 nitrogen and oxygen atoms in total. The molecule has 0 aliphatic carbocycles. The van der Waals surface area contributed by atoms with Gasteiger partial charge in [0.1, 0.15) is 0 Å². The van der Waals surface area contributed by atoms with Gasteiger partial charge in [-0.3, -0.25) is 4.90 Å². The summed E-state index contributed by atoms with van der Waals surface area (Å²) < 4.78 is 0. The molecule has 2 atom stereocenters. The van der Waals surface area contributed by atoms with Crippen LogP contribution in [0.1, 0.15) is 32.6 Å². The second-order valence-corrected chi connectivity index (χ2v) is 5.00. The van der Waals surface area contributed by atoms with E-state index in [2.05, 4.69) is 17.1 Å². The van der Waals surface area contributed by atoms with Crippen molar-refractivity contribution in [2.24, 2.45) is 5.92 Å². The molecule has 2 rings (SSSR count). The zero-order chi connectivity index (χ0) is 10.7. The first-order valence-corrected chi connectivity index (χ1v) is 6.44. The first-order valence-electron chi connectivity index (χ1n) is 6.44. The Bertz CT molecular complexity index is 192. The molecule has 0 spiro atoms. The SMILES string of the molecule is CC[C@H]1CN(C2CCNCC2)CC[C@H]1O. The number of hydrogen-bond donors (Lipinski definition) is 2. The van der Waals surface area contributed by atoms with Gasteiger partial charge in [0.15, 0.2) is 0 Å². The zero-order valence-corrected chi connectivity index (χ0v) is 9.78. The van der Waals surface area contributed by atoms with E-state index in [1.165, 1.54) is 25.9 Å². The summed E-state index contributed by atoms with van der Waals surface area (Å²) in [4.78, 5) is 2.61. The summed E-state index contributed by atoms with van der Waals surface area (Å²) >= 11 is 0. The lowest BCUT2D eigenvalue weighted by molar-refractivity contribution is 0.00278. The summed E-state index contributed by atoms with van der Waals surface area (Å²) in [5, 5.41) is 13.3. The molecule has 0 aromatic carbocycles. The van der Waals surface area contributed by atoms with Crippen molar-refractivity contribution in [3.63, 3.8) is 0 Å². The van der Waals surface area contributed by atoms with Gasteiger partial charge in [0.2, 0.25) is 0 Å². The molecule has 2 saturated heterocycles. The maximum atomic E-state index is 9.85. The highest BCUT2D eigenvalue weighted by atomic mass is 16.3. The summed E-state index contributed by atoms with van der Waals surface area (Å²) in [5.74, 6) is 0.508. The maximum Gasteiger partial charge on any atom is 0.0592 e. The van der Waals surface area contributed by atoms with Gasteiger partial charge in [-0.1, -0.05) is 6.92 Å². The fourth-order valence-corrected chi connectivity index (χ4v) is 2.95. The molecule has 0 amide bonds. The fraction of sp³-hybridized carbons (Fsp3) is 1.00. The van der Waals surface area contributed by atoms with Crippen molar-refractivity contribution in [2.45, 2.75) is 44.8 Å². The molecule has 2 fully saturated rings. The highest BCUT2D eigenvalue weighted by Crippen LogP contribution is 2.24. The van der Waals surface area contributed by atoms with Crippen LogP contribution in [-0.4, -0.2) is 48.3 Å². The minimum Gasteiger partial charge on any atom is -0.393 e. The highest BCUT2D eigenvalue weighted by molar-refractivity contribution is 4.85. The Morgan fingerprint density at radius 1 is 1.27 bits per heavy atom. The molecule has 88 valence electrons. The topological polar surface area (TPSA) is 35.5 Å². The summed E-state index contributed by atoms with van der Waals surface area (Å²) in [6, 6.07) is 0.771. The van der Waals surface area contributed by atoms with E-state index in [-0.39, 0.29) is 6.10 Å². The van der Waals surface area contributed by atoms with Gasteiger partial charge in [-0.05, 0) is 44.7 Å². The number of aliphatic hydroxyl groups is 1. The van der Waals surface area contributed by atoms with Crippen LogP contribution in [0, 0.1) is 5.92 Å². The molecule has 0 aromatic heterocycles. The molecule has 2 N–H and O–H groups in total. The zero-order valence-electron chi connectivity index (χ0n) is 9.78. The third kappa shape index (κ3) is 2.71. The van der Waals surface area contributed by atoms with Gasteiger partial charge in [-0.2, -0.15) is 0 Å². The molecule has 0 saturated carbocycles. The standard InChI is InChI=1S/C12H24N2O/c1-2-10-9-14(8-5-12(10)15)11-3-6-13-7-4-11/h10-13,15H,2-9H2,1H3/t10-,12+/m0/s1. The van der Waals surface area contributed by atoms with E-state index < -0.39 is 0 Å². The maximum absolute atomic E-state index is 9.85. The molecule has 0 bridgehead atoms. The van der Waals surface area contributed by atoms with E-state index in [0.29, 0.717) is 5.92 Å². The Morgan fingerprint density at radius 3 is 2.67 bits per heavy atom. The Balaban J connectivity index is 1.87. The van der Waals surface area contributed by atoms with Gasteiger partial charge in [-0.25, -0.2) is 0 Å². The van der Waals surface area contributed by atoms with E-state index in [1.54, 1.807) is 0 Å². The van der Waals surface area contributed by atoms with E-state index >= 15 is 0 Å². The van der Waals surface area contributed by atoms with Crippen LogP contribution in [-0.2, 0) is 0 Å². The molecule has 2 heterocycles. The number of aliphatic hydroxyl groups excluding tert-OH is 1. The lowest BCUT2D eigenvalue weighted by Gasteiger charge is -2.42. The number of rotatable bonds is 2. The first kappa shape index (κ1) is 11.4. The molecule has 15 heavy (non-hydrogen) atoms. The molecule has 2 aliphatic heterocycles. The van der Waals surface area contributed by atoms with E-state index in [0.717, 1.165) is 32.0 Å². The number of likely N-dealkylation sites (tertiary alicyclic amines) is 1. The van der Waals surface area contributed by atoms with Crippen LogP contribution >= 0.6 is 0 Å². The van der Waals surface area contributed by atoms with Crippen LogP contribution in [0.25, 0.3) is 0 Å². The Labute approximate surface area is 92.8 Å². The normalized spacial score (nSPS) is 35.6. The van der Waals surface area contributed by atoms with Gasteiger partial charge in [0.05, 0.1) is 6.10 Å². The van der Waals surface area contributed by atoms with Crippen LogP contribution in [0.3, 0.4) is 0 Å². The number of nitrogens with zero attached hydrogens (tertiary/aromatic N) is 1. The summed E-state index contributed by atoms with van der Waals surface area (Å²) in [7, 11) is 0. The van der Waals surface area contributed by atoms with Gasteiger partial charge in [0, 0.05) is 19.1 Å². The van der Waals surface area contributed by atoms with E-state index in [1.807, 2.05) is 0 Å². The van der Waals surface area contributed by atoms with E-state index in [4.69, 9.17) is 0 Å². The summed E-state index contributed by atoms with van der Waals surface area (Å²) in [6.07, 6.45) is 4.61. The summed E-state index contributed by atoms with van der Waals surface area (Å²) in [5.41, 5.74) is 0. The monoisotopic (exact) mass is 212 g/mol. The van der Waals surface area contributed by atoms with Gasteiger partial charge >= 0.3 is 0 Å². The Kier molecular flexibility index (Phi) is 4.00. The minimum absolute atomic E-state index is 0.0482. The van der Waals surface area contributed by atoms with Crippen LogP contribution < -0.4 is 5.32 Å². The van der Waals surface area contributed by atoms with Crippen LogP contribution in [0.15, 0.2) is 0 Å². The van der Waals surface area contributed by atoms with Crippen LogP contribution in [0.2, 0.25) is 0 Å². The van der Waals surface area contributed by atoms with Crippen LogP contribution in [0.5, 0.6) is 0 Å². The first-order chi connectivity index (χ1) is 7.31. The lowest BCUT2D eigenvalue weighted by Crippen LogP contribution is -2.50. The van der Waals surface area contributed by atoms with Crippen molar-refractivity contribution in [3.8, 4) is 0 Å². The quantitative estimate of drug-likeness (QED) is 0.712. The molecule has 0 radical (unpaired) electrons. The fourth-order valence-electron chi connectivity index (χ4n) is 2.95. The Hall–Kier alpha value is -0.120. The average molecular weight is 212 g/mol. The average Bonchev–Trinajstić information content (AvgIpc) is 2.31. The number of piperidine rings is 2. The Morgan fingerprint density at radius 2 is 2.00 bits per heavy atom. The molecule has 0 unspecified atom stereocenters. The largest absolute Gasteiger partial charge is 0.393 e. The third-order valence-electron chi connectivity index (χ3n) is 4.07. The highest BCUT2D eigenvalue weighted by Gasteiger charge is 2.30. The molecular weight excluding hydrogens is 188 g/mol. The predicted octanol–water partition coefficient (Wildman–Crippen LogP) is 0.831. The van der Waals surface area contributed by atoms with Gasteiger partial charge < -0.3 is 10.4 Å². The van der Waals surface area contributed by atoms with Crippen molar-refractivity contribution < 1.29 is 5.11 Å². The third-order valence-corrected chi connectivity index (χ3v) is 4.07. The van der Waals surface area contributed by atoms with Crippen molar-refractivity contribution in [1.29, 1.82) is 0 Å². The van der Waals surface area contributed by atoms with Crippen molar-refractivity contribution in [1.82, 2.24) is 10.2 Å². The smallest absolute Gasteiger partial charge is 0.0592 e. The minimum atomic E-state index is -0.0482. The lowest BCUT2D eigenvalue weighted by atomic mass is 9.90. The number of nitrogens with one attached hydrogen (secondary N) is 1. The van der Waals surface area contributed by atoms with E-state index in [9.17, 15) is 5.11 Å². The van der Waals surface area contributed by atoms with Gasteiger partial charge in [-0.15, -0.1) is 0 Å². The van der Waals surface area contributed by atoms with Gasteiger partial charge in [0.25, 0.3) is 0 Å². The van der Waals surface area contributed by atoms with Crippen molar-refractivity contribution >= 4 is 0 Å². The predicted molar refractivity (Wildman–Crippen MR) is 61.9 cm³/mol. The number of hydrogen-bond acceptors (Lipinski definition) is 3. The molecule has 3 heteroatoms. The second kappa shape index (κ2) is 5.28. The second-order valence-electron chi connectivity index (χ2n) is 5.00. The molecular formula is C12H24N2O. The van der Waals surface area contributed by atoms with Crippen LogP contribution in [0.4, 0.5) is 0 Å².